The number of Topliss-reactive ketones (excluding diaryl/α,β-unsaturated/α-hetero) is 1. The fourth-order valence-electron chi connectivity index (χ4n) is 2.24. The van der Waals surface area contributed by atoms with Crippen LogP contribution in [0.5, 0.6) is 5.75 Å². The van der Waals surface area contributed by atoms with Crippen LogP contribution in [0.4, 0.5) is 0 Å². The predicted octanol–water partition coefficient (Wildman–Crippen LogP) is 2.46. The molecule has 3 rings (SSSR count). The van der Waals surface area contributed by atoms with E-state index in [4.69, 9.17) is 4.74 Å². The van der Waals surface area contributed by atoms with Gasteiger partial charge in [0.05, 0.1) is 6.61 Å². The highest BCUT2D eigenvalue weighted by Gasteiger charge is 2.39. The fraction of sp³-hybridized carbons (Fsp3) is 0.462. The van der Waals surface area contributed by atoms with Crippen molar-refractivity contribution in [2.75, 3.05) is 6.61 Å². The highest BCUT2D eigenvalue weighted by atomic mass is 16.5. The monoisotopic (exact) mass is 202 g/mol. The SMILES string of the molecule is CC1CC1C(=O)c1ccc2c(c1)CCO2. The van der Waals surface area contributed by atoms with Gasteiger partial charge in [-0.2, -0.15) is 0 Å². The van der Waals surface area contributed by atoms with Gasteiger partial charge in [-0.3, -0.25) is 4.79 Å². The summed E-state index contributed by atoms with van der Waals surface area (Å²) in [7, 11) is 0. The minimum Gasteiger partial charge on any atom is -0.493 e. The third-order valence-electron chi connectivity index (χ3n) is 3.42. The van der Waals surface area contributed by atoms with E-state index < -0.39 is 0 Å². The van der Waals surface area contributed by atoms with Crippen LogP contribution in [-0.2, 0) is 6.42 Å². The van der Waals surface area contributed by atoms with E-state index in [0.29, 0.717) is 11.7 Å². The maximum absolute atomic E-state index is 12.0. The maximum atomic E-state index is 12.0. The van der Waals surface area contributed by atoms with Crippen molar-refractivity contribution in [1.29, 1.82) is 0 Å². The standard InChI is InChI=1S/C13H14O2/c1-8-6-11(8)13(14)10-2-3-12-9(7-10)4-5-15-12/h2-3,7-8,11H,4-6H2,1H3. The summed E-state index contributed by atoms with van der Waals surface area (Å²) in [6.45, 7) is 2.89. The Morgan fingerprint density at radius 1 is 1.47 bits per heavy atom. The van der Waals surface area contributed by atoms with Gasteiger partial charge in [0, 0.05) is 17.9 Å². The third kappa shape index (κ3) is 1.44. The molecule has 0 amide bonds. The second kappa shape index (κ2) is 3.09. The fourth-order valence-corrected chi connectivity index (χ4v) is 2.24. The Balaban J connectivity index is 1.89. The lowest BCUT2D eigenvalue weighted by atomic mass is 10.0. The first kappa shape index (κ1) is 8.96. The van der Waals surface area contributed by atoms with Crippen molar-refractivity contribution in [3.63, 3.8) is 0 Å². The van der Waals surface area contributed by atoms with E-state index in [1.54, 1.807) is 0 Å². The van der Waals surface area contributed by atoms with Gasteiger partial charge in [-0.05, 0) is 36.1 Å². The van der Waals surface area contributed by atoms with Gasteiger partial charge < -0.3 is 4.74 Å². The summed E-state index contributed by atoms with van der Waals surface area (Å²) in [6, 6.07) is 5.84. The molecule has 2 nitrogen and oxygen atoms in total. The zero-order chi connectivity index (χ0) is 10.4. The van der Waals surface area contributed by atoms with Crippen LogP contribution < -0.4 is 4.74 Å². The van der Waals surface area contributed by atoms with Crippen molar-refractivity contribution in [2.24, 2.45) is 11.8 Å². The number of carbonyl (C=O) groups is 1. The van der Waals surface area contributed by atoms with Crippen LogP contribution in [0, 0.1) is 11.8 Å². The molecule has 15 heavy (non-hydrogen) atoms. The van der Waals surface area contributed by atoms with Crippen molar-refractivity contribution in [3.8, 4) is 5.75 Å². The Hall–Kier alpha value is -1.31. The number of ether oxygens (including phenoxy) is 1. The molecule has 2 unspecified atom stereocenters. The Bertz CT molecular complexity index is 423. The number of benzene rings is 1. The Kier molecular flexibility index (Phi) is 1.84. The van der Waals surface area contributed by atoms with Gasteiger partial charge >= 0.3 is 0 Å². The minimum atomic E-state index is 0.283. The number of hydrogen-bond donors (Lipinski definition) is 0. The highest BCUT2D eigenvalue weighted by molar-refractivity contribution is 5.99. The quantitative estimate of drug-likeness (QED) is 0.688. The van der Waals surface area contributed by atoms with E-state index >= 15 is 0 Å². The molecule has 2 heteroatoms. The maximum Gasteiger partial charge on any atom is 0.166 e. The van der Waals surface area contributed by atoms with Gasteiger partial charge in [0.2, 0.25) is 0 Å². The molecule has 2 aliphatic rings. The van der Waals surface area contributed by atoms with Gasteiger partial charge in [0.1, 0.15) is 5.75 Å². The second-order valence-electron chi connectivity index (χ2n) is 4.60. The highest BCUT2D eigenvalue weighted by Crippen LogP contribution is 2.40. The molecule has 1 heterocycles. The van der Waals surface area contributed by atoms with Crippen molar-refractivity contribution in [3.05, 3.63) is 29.3 Å². The first-order valence-corrected chi connectivity index (χ1v) is 5.55. The topological polar surface area (TPSA) is 26.3 Å². The molecule has 0 saturated heterocycles. The summed E-state index contributed by atoms with van der Waals surface area (Å²) in [5.41, 5.74) is 2.06. The first-order chi connectivity index (χ1) is 7.25. The van der Waals surface area contributed by atoms with Crippen molar-refractivity contribution in [1.82, 2.24) is 0 Å². The molecular weight excluding hydrogens is 188 g/mol. The minimum absolute atomic E-state index is 0.283. The van der Waals surface area contributed by atoms with Crippen LogP contribution >= 0.6 is 0 Å². The lowest BCUT2D eigenvalue weighted by Crippen LogP contribution is -2.02. The number of carbonyl (C=O) groups excluding carboxylic acids is 1. The van der Waals surface area contributed by atoms with Crippen LogP contribution in [0.25, 0.3) is 0 Å². The largest absolute Gasteiger partial charge is 0.493 e. The molecule has 1 saturated carbocycles. The molecule has 0 aromatic heterocycles. The summed E-state index contributed by atoms with van der Waals surface area (Å²) < 4.78 is 5.42. The van der Waals surface area contributed by atoms with E-state index in [-0.39, 0.29) is 5.92 Å². The number of fused-ring (bicyclic) bond motifs is 1. The molecule has 0 radical (unpaired) electrons. The predicted molar refractivity (Wildman–Crippen MR) is 57.2 cm³/mol. The van der Waals surface area contributed by atoms with Gasteiger partial charge in [-0.15, -0.1) is 0 Å². The Labute approximate surface area is 89.2 Å². The zero-order valence-corrected chi connectivity index (χ0v) is 8.82. The lowest BCUT2D eigenvalue weighted by molar-refractivity contribution is 0.0962. The van der Waals surface area contributed by atoms with Crippen molar-refractivity contribution in [2.45, 2.75) is 19.8 Å². The Morgan fingerprint density at radius 3 is 3.00 bits per heavy atom. The molecule has 1 aromatic rings. The molecule has 0 N–H and O–H groups in total. The van der Waals surface area contributed by atoms with E-state index in [2.05, 4.69) is 6.92 Å². The zero-order valence-electron chi connectivity index (χ0n) is 8.82. The molecule has 1 fully saturated rings. The number of hydrogen-bond acceptors (Lipinski definition) is 2. The normalized spacial score (nSPS) is 27.0. The van der Waals surface area contributed by atoms with E-state index in [1.165, 1.54) is 5.56 Å². The summed E-state index contributed by atoms with van der Waals surface area (Å²) in [5, 5.41) is 0. The average Bonchev–Trinajstić information content (AvgIpc) is 2.80. The molecule has 0 bridgehead atoms. The smallest absolute Gasteiger partial charge is 0.166 e. The van der Waals surface area contributed by atoms with Crippen LogP contribution in [0.2, 0.25) is 0 Å². The van der Waals surface area contributed by atoms with Gasteiger partial charge in [0.15, 0.2) is 5.78 Å². The molecule has 1 aromatic carbocycles. The summed E-state index contributed by atoms with van der Waals surface area (Å²) in [5.74, 6) is 2.14. The van der Waals surface area contributed by atoms with Crippen LogP contribution in [-0.4, -0.2) is 12.4 Å². The molecule has 1 aliphatic carbocycles. The first-order valence-electron chi connectivity index (χ1n) is 5.55. The molecule has 78 valence electrons. The van der Waals surface area contributed by atoms with Crippen LogP contribution in [0.15, 0.2) is 18.2 Å². The van der Waals surface area contributed by atoms with Crippen LogP contribution in [0.3, 0.4) is 0 Å². The second-order valence-corrected chi connectivity index (χ2v) is 4.60. The molecule has 1 aliphatic heterocycles. The number of ketones is 1. The van der Waals surface area contributed by atoms with Crippen molar-refractivity contribution >= 4 is 5.78 Å². The number of rotatable bonds is 2. The van der Waals surface area contributed by atoms with E-state index in [0.717, 1.165) is 30.8 Å². The summed E-state index contributed by atoms with van der Waals surface area (Å²) >= 11 is 0. The molecular formula is C13H14O2. The van der Waals surface area contributed by atoms with Gasteiger partial charge in [0.25, 0.3) is 0 Å². The molecule has 2 atom stereocenters. The van der Waals surface area contributed by atoms with E-state index in [9.17, 15) is 4.79 Å². The average molecular weight is 202 g/mol. The van der Waals surface area contributed by atoms with Gasteiger partial charge in [-0.1, -0.05) is 6.92 Å². The Morgan fingerprint density at radius 2 is 2.27 bits per heavy atom. The van der Waals surface area contributed by atoms with Gasteiger partial charge in [-0.25, -0.2) is 0 Å². The lowest BCUT2D eigenvalue weighted by Gasteiger charge is -2.02. The summed E-state index contributed by atoms with van der Waals surface area (Å²) in [4.78, 5) is 12.0. The van der Waals surface area contributed by atoms with Crippen LogP contribution in [0.1, 0.15) is 29.3 Å². The third-order valence-corrected chi connectivity index (χ3v) is 3.42. The molecule has 0 spiro atoms. The van der Waals surface area contributed by atoms with E-state index in [1.807, 2.05) is 18.2 Å². The summed E-state index contributed by atoms with van der Waals surface area (Å²) in [6.07, 6.45) is 2.00. The van der Waals surface area contributed by atoms with Crippen molar-refractivity contribution < 1.29 is 9.53 Å².